The fourth-order valence-electron chi connectivity index (χ4n) is 1.27. The Morgan fingerprint density at radius 2 is 2.17 bits per heavy atom. The van der Waals surface area contributed by atoms with Crippen LogP contribution in [0.25, 0.3) is 0 Å². The Morgan fingerprint density at radius 1 is 1.39 bits per heavy atom. The normalized spacial score (nSPS) is 10.1. The maximum atomic E-state index is 13.5. The Morgan fingerprint density at radius 3 is 2.83 bits per heavy atom. The zero-order valence-corrected chi connectivity index (χ0v) is 10.6. The number of halogens is 2. The smallest absolute Gasteiger partial charge is 0.276 e. The van der Waals surface area contributed by atoms with Crippen molar-refractivity contribution in [3.8, 4) is 0 Å². The summed E-state index contributed by atoms with van der Waals surface area (Å²) in [5, 5.41) is 2.39. The van der Waals surface area contributed by atoms with Gasteiger partial charge in [-0.15, -0.1) is 0 Å². The summed E-state index contributed by atoms with van der Waals surface area (Å²) < 4.78 is 14.1. The molecule has 0 unspecified atom stereocenters. The van der Waals surface area contributed by atoms with Crippen LogP contribution in [0.2, 0.25) is 0 Å². The zero-order valence-electron chi connectivity index (χ0n) is 9.02. The van der Waals surface area contributed by atoms with Crippen molar-refractivity contribution < 1.29 is 9.18 Å². The van der Waals surface area contributed by atoms with Crippen LogP contribution in [-0.4, -0.2) is 15.9 Å². The minimum absolute atomic E-state index is 0.0253. The van der Waals surface area contributed by atoms with Gasteiger partial charge >= 0.3 is 0 Å². The molecule has 3 N–H and O–H groups in total. The summed E-state index contributed by atoms with van der Waals surface area (Å²) in [5.74, 6) is -0.996. The minimum atomic E-state index is -0.573. The number of nitrogens with two attached hydrogens (primary N) is 1. The summed E-state index contributed by atoms with van der Waals surface area (Å²) in [5.41, 5.74) is 5.49. The number of aromatic nitrogens is 2. The summed E-state index contributed by atoms with van der Waals surface area (Å²) in [6, 6.07) is 4.31. The predicted octanol–water partition coefficient (Wildman–Crippen LogP) is 2.21. The third kappa shape index (κ3) is 2.80. The second-order valence-electron chi connectivity index (χ2n) is 3.41. The lowest BCUT2D eigenvalue weighted by atomic mass is 10.3. The number of nitrogens with zero attached hydrogens (tertiary/aromatic N) is 2. The molecule has 92 valence electrons. The number of benzene rings is 1. The Labute approximate surface area is 110 Å². The third-order valence-corrected chi connectivity index (χ3v) is 2.56. The number of hydrogen-bond acceptors (Lipinski definition) is 4. The van der Waals surface area contributed by atoms with Gasteiger partial charge in [-0.05, 0) is 18.2 Å². The average Bonchev–Trinajstić information content (AvgIpc) is 2.32. The Bertz CT molecular complexity index is 605. The summed E-state index contributed by atoms with van der Waals surface area (Å²) in [7, 11) is 0. The molecule has 5 nitrogen and oxygen atoms in total. The zero-order chi connectivity index (χ0) is 13.1. The average molecular weight is 311 g/mol. The Kier molecular flexibility index (Phi) is 3.52. The van der Waals surface area contributed by atoms with Gasteiger partial charge in [-0.3, -0.25) is 9.78 Å². The number of carbonyl (C=O) groups is 1. The van der Waals surface area contributed by atoms with Crippen molar-refractivity contribution in [2.75, 3.05) is 11.1 Å². The number of hydrogen-bond donors (Lipinski definition) is 2. The van der Waals surface area contributed by atoms with Crippen molar-refractivity contribution in [3.05, 3.63) is 46.6 Å². The molecule has 7 heteroatoms. The lowest BCUT2D eigenvalue weighted by molar-refractivity contribution is 0.102. The molecule has 0 bridgehead atoms. The molecular weight excluding hydrogens is 303 g/mol. The molecule has 1 aromatic carbocycles. The highest BCUT2D eigenvalue weighted by Crippen LogP contribution is 2.19. The molecule has 18 heavy (non-hydrogen) atoms. The van der Waals surface area contributed by atoms with E-state index in [-0.39, 0.29) is 17.2 Å². The maximum Gasteiger partial charge on any atom is 0.276 e. The first kappa shape index (κ1) is 12.4. The van der Waals surface area contributed by atoms with Crippen LogP contribution < -0.4 is 11.1 Å². The minimum Gasteiger partial charge on any atom is -0.382 e. The van der Waals surface area contributed by atoms with E-state index in [0.29, 0.717) is 4.47 Å². The van der Waals surface area contributed by atoms with E-state index in [4.69, 9.17) is 5.73 Å². The molecule has 2 aromatic rings. The molecule has 1 amide bonds. The van der Waals surface area contributed by atoms with Crippen LogP contribution in [0.15, 0.2) is 35.1 Å². The van der Waals surface area contributed by atoms with Crippen molar-refractivity contribution in [2.24, 2.45) is 0 Å². The van der Waals surface area contributed by atoms with Crippen molar-refractivity contribution in [1.82, 2.24) is 9.97 Å². The molecule has 0 saturated carbocycles. The van der Waals surface area contributed by atoms with E-state index in [1.807, 2.05) is 0 Å². The number of anilines is 2. The largest absolute Gasteiger partial charge is 0.382 e. The van der Waals surface area contributed by atoms with Gasteiger partial charge in [-0.1, -0.05) is 15.9 Å². The fraction of sp³-hybridized carbons (Fsp3) is 0. The molecule has 0 spiro atoms. The third-order valence-electron chi connectivity index (χ3n) is 2.07. The van der Waals surface area contributed by atoms with E-state index in [9.17, 15) is 9.18 Å². The van der Waals surface area contributed by atoms with Crippen molar-refractivity contribution in [2.45, 2.75) is 0 Å². The van der Waals surface area contributed by atoms with Crippen LogP contribution in [0, 0.1) is 5.82 Å². The second kappa shape index (κ2) is 5.09. The molecule has 0 aliphatic rings. The molecule has 1 aromatic heterocycles. The van der Waals surface area contributed by atoms with E-state index in [1.54, 1.807) is 6.07 Å². The fourth-order valence-corrected chi connectivity index (χ4v) is 1.60. The highest BCUT2D eigenvalue weighted by molar-refractivity contribution is 9.10. The van der Waals surface area contributed by atoms with Gasteiger partial charge in [0.25, 0.3) is 5.91 Å². The summed E-state index contributed by atoms with van der Waals surface area (Å²) in [6.07, 6.45) is 2.57. The summed E-state index contributed by atoms with van der Waals surface area (Å²) >= 11 is 3.13. The van der Waals surface area contributed by atoms with Crippen LogP contribution in [0.4, 0.5) is 15.9 Å². The lowest BCUT2D eigenvalue weighted by Crippen LogP contribution is -2.15. The van der Waals surface area contributed by atoms with Gasteiger partial charge in [-0.2, -0.15) is 0 Å². The number of amides is 1. The van der Waals surface area contributed by atoms with Crippen LogP contribution in [0.1, 0.15) is 10.5 Å². The highest BCUT2D eigenvalue weighted by Gasteiger charge is 2.11. The molecular formula is C11H8BrFN4O. The van der Waals surface area contributed by atoms with Crippen LogP contribution in [-0.2, 0) is 0 Å². The lowest BCUT2D eigenvalue weighted by Gasteiger charge is -2.06. The maximum absolute atomic E-state index is 13.5. The van der Waals surface area contributed by atoms with Crippen LogP contribution in [0.3, 0.4) is 0 Å². The van der Waals surface area contributed by atoms with Gasteiger partial charge in [-0.25, -0.2) is 9.37 Å². The molecule has 0 radical (unpaired) electrons. The first-order chi connectivity index (χ1) is 8.56. The molecule has 0 fully saturated rings. The standard InChI is InChI=1S/C11H8BrFN4O/c12-6-1-2-8(7(13)3-6)17-11(18)9-4-15-5-10(14)16-9/h1-5H,(H2,14,16)(H,17,18). The summed E-state index contributed by atoms with van der Waals surface area (Å²) in [4.78, 5) is 19.3. The SMILES string of the molecule is Nc1cncc(C(=O)Nc2ccc(Br)cc2F)n1. The van der Waals surface area contributed by atoms with Gasteiger partial charge in [0.05, 0.1) is 18.1 Å². The van der Waals surface area contributed by atoms with E-state index in [1.165, 1.54) is 24.5 Å². The van der Waals surface area contributed by atoms with Crippen molar-refractivity contribution >= 4 is 33.3 Å². The van der Waals surface area contributed by atoms with Gasteiger partial charge in [0.2, 0.25) is 0 Å². The molecule has 0 atom stereocenters. The Balaban J connectivity index is 2.21. The van der Waals surface area contributed by atoms with Gasteiger partial charge in [0.1, 0.15) is 17.3 Å². The molecule has 0 aliphatic carbocycles. The molecule has 1 heterocycles. The Hall–Kier alpha value is -2.02. The second-order valence-corrected chi connectivity index (χ2v) is 4.32. The predicted molar refractivity (Wildman–Crippen MR) is 68.5 cm³/mol. The van der Waals surface area contributed by atoms with E-state index in [2.05, 4.69) is 31.2 Å². The van der Waals surface area contributed by atoms with Crippen LogP contribution >= 0.6 is 15.9 Å². The summed E-state index contributed by atoms with van der Waals surface area (Å²) in [6.45, 7) is 0. The van der Waals surface area contributed by atoms with Crippen molar-refractivity contribution in [3.63, 3.8) is 0 Å². The first-order valence-electron chi connectivity index (χ1n) is 4.90. The topological polar surface area (TPSA) is 80.9 Å². The number of rotatable bonds is 2. The van der Waals surface area contributed by atoms with E-state index < -0.39 is 11.7 Å². The number of carbonyl (C=O) groups excluding carboxylic acids is 1. The monoisotopic (exact) mass is 310 g/mol. The van der Waals surface area contributed by atoms with Crippen LogP contribution in [0.5, 0.6) is 0 Å². The quantitative estimate of drug-likeness (QED) is 0.891. The van der Waals surface area contributed by atoms with E-state index in [0.717, 1.165) is 0 Å². The number of nitrogens with one attached hydrogen (secondary N) is 1. The molecule has 0 aliphatic heterocycles. The highest BCUT2D eigenvalue weighted by atomic mass is 79.9. The van der Waals surface area contributed by atoms with Gasteiger partial charge in [0, 0.05) is 4.47 Å². The van der Waals surface area contributed by atoms with Crippen molar-refractivity contribution in [1.29, 1.82) is 0 Å². The molecule has 2 rings (SSSR count). The molecule has 0 saturated heterocycles. The van der Waals surface area contributed by atoms with E-state index >= 15 is 0 Å². The number of nitrogen functional groups attached to an aromatic ring is 1. The van der Waals surface area contributed by atoms with Gasteiger partial charge in [0.15, 0.2) is 0 Å². The first-order valence-corrected chi connectivity index (χ1v) is 5.69. The van der Waals surface area contributed by atoms with Gasteiger partial charge < -0.3 is 11.1 Å².